The Morgan fingerprint density at radius 1 is 1.00 bits per heavy atom. The van der Waals surface area contributed by atoms with E-state index in [2.05, 4.69) is 15.0 Å². The number of benzene rings is 3. The monoisotopic (exact) mass is 503 g/mol. The highest BCUT2D eigenvalue weighted by Gasteiger charge is 2.30. The van der Waals surface area contributed by atoms with Crippen LogP contribution < -0.4 is 15.4 Å². The first-order chi connectivity index (χ1) is 16.6. The predicted octanol–water partition coefficient (Wildman–Crippen LogP) is 5.80. The molecule has 0 aliphatic rings. The summed E-state index contributed by atoms with van der Waals surface area (Å²) < 4.78 is 66.2. The first kappa shape index (κ1) is 24.1. The normalized spacial score (nSPS) is 10.9. The maximum atomic E-state index is 14.1. The Balaban J connectivity index is 1.49. The van der Waals surface area contributed by atoms with Crippen molar-refractivity contribution in [2.24, 2.45) is 0 Å². The van der Waals surface area contributed by atoms with E-state index < -0.39 is 40.5 Å². The van der Waals surface area contributed by atoms with Crippen LogP contribution in [0.25, 0.3) is 22.6 Å². The summed E-state index contributed by atoms with van der Waals surface area (Å²) >= 11 is 4.98. The first-order valence-electron chi connectivity index (χ1n) is 10.1. The molecule has 3 aromatic carbocycles. The van der Waals surface area contributed by atoms with Gasteiger partial charge in [-0.25, -0.2) is 13.8 Å². The average molecular weight is 503 g/mol. The quantitative estimate of drug-likeness (QED) is 0.208. The fraction of sp³-hybridized carbons (Fsp3) is 0.125. The lowest BCUT2D eigenvalue weighted by Gasteiger charge is -2.13. The van der Waals surface area contributed by atoms with Crippen molar-refractivity contribution >= 4 is 40.0 Å². The summed E-state index contributed by atoms with van der Waals surface area (Å²) in [6, 6.07) is 10.5. The summed E-state index contributed by atoms with van der Waals surface area (Å²) in [5, 5.41) is 4.28. The number of hydrogen-bond donors (Lipinski definition) is 2. The van der Waals surface area contributed by atoms with Gasteiger partial charge in [-0.2, -0.15) is 8.78 Å². The minimum atomic E-state index is -1.91. The molecule has 1 aromatic heterocycles. The first-order valence-corrected chi connectivity index (χ1v) is 10.5. The SMILES string of the molecule is COc1c(F)c(F)c(C(=O)NC(=S)Nc2ccc(-c3nc4cc(C)cc(C)c4o3)cc2)c(F)c1F. The van der Waals surface area contributed by atoms with Crippen molar-refractivity contribution in [1.82, 2.24) is 10.3 Å². The predicted molar refractivity (Wildman–Crippen MR) is 125 cm³/mol. The number of oxazole rings is 1. The molecule has 0 bridgehead atoms. The molecule has 6 nitrogen and oxygen atoms in total. The molecule has 0 aliphatic heterocycles. The third-order valence-corrected chi connectivity index (χ3v) is 5.30. The second-order valence-corrected chi connectivity index (χ2v) is 8.01. The van der Waals surface area contributed by atoms with Crippen molar-refractivity contribution in [2.45, 2.75) is 13.8 Å². The van der Waals surface area contributed by atoms with Gasteiger partial charge in [0, 0.05) is 11.3 Å². The number of carbonyl (C=O) groups is 1. The van der Waals surface area contributed by atoms with Gasteiger partial charge in [0.2, 0.25) is 17.5 Å². The smallest absolute Gasteiger partial charge is 0.263 e. The lowest BCUT2D eigenvalue weighted by molar-refractivity contribution is 0.0966. The van der Waals surface area contributed by atoms with E-state index in [1.165, 1.54) is 0 Å². The van der Waals surface area contributed by atoms with Crippen molar-refractivity contribution in [1.29, 1.82) is 0 Å². The zero-order chi connectivity index (χ0) is 25.4. The van der Waals surface area contributed by atoms with E-state index in [-0.39, 0.29) is 5.11 Å². The molecule has 0 spiro atoms. The molecule has 4 aromatic rings. The number of methoxy groups -OCH3 is 1. The van der Waals surface area contributed by atoms with E-state index in [1.54, 1.807) is 24.3 Å². The van der Waals surface area contributed by atoms with Crippen LogP contribution in [0.3, 0.4) is 0 Å². The van der Waals surface area contributed by atoms with Crippen LogP contribution in [-0.4, -0.2) is 23.1 Å². The molecule has 0 radical (unpaired) electrons. The Morgan fingerprint density at radius 3 is 2.23 bits per heavy atom. The van der Waals surface area contributed by atoms with E-state index >= 15 is 0 Å². The molecule has 2 N–H and O–H groups in total. The molecule has 35 heavy (non-hydrogen) atoms. The molecule has 0 unspecified atom stereocenters. The van der Waals surface area contributed by atoms with Gasteiger partial charge in [-0.3, -0.25) is 10.1 Å². The lowest BCUT2D eigenvalue weighted by atomic mass is 10.1. The molecular weight excluding hydrogens is 486 g/mol. The number of ether oxygens (including phenoxy) is 1. The molecule has 0 aliphatic carbocycles. The van der Waals surface area contributed by atoms with E-state index in [4.69, 9.17) is 16.6 Å². The molecule has 180 valence electrons. The van der Waals surface area contributed by atoms with E-state index in [1.807, 2.05) is 31.3 Å². The van der Waals surface area contributed by atoms with Gasteiger partial charge >= 0.3 is 0 Å². The number of amides is 1. The van der Waals surface area contributed by atoms with Crippen LogP contribution in [0.15, 0.2) is 40.8 Å². The number of nitrogens with one attached hydrogen (secondary N) is 2. The summed E-state index contributed by atoms with van der Waals surface area (Å²) in [7, 11) is 0.830. The molecule has 1 amide bonds. The van der Waals surface area contributed by atoms with Crippen LogP contribution in [0.2, 0.25) is 0 Å². The number of anilines is 1. The topological polar surface area (TPSA) is 76.4 Å². The Morgan fingerprint density at radius 2 is 1.63 bits per heavy atom. The third kappa shape index (κ3) is 4.54. The number of fused-ring (bicyclic) bond motifs is 1. The second kappa shape index (κ2) is 9.34. The van der Waals surface area contributed by atoms with Crippen molar-refractivity contribution < 1.29 is 31.5 Å². The highest BCUT2D eigenvalue weighted by molar-refractivity contribution is 7.80. The van der Waals surface area contributed by atoms with Gasteiger partial charge in [0.1, 0.15) is 11.1 Å². The van der Waals surface area contributed by atoms with Gasteiger partial charge in [0.15, 0.2) is 28.1 Å². The number of nitrogens with zero attached hydrogens (tertiary/aromatic N) is 1. The second-order valence-electron chi connectivity index (χ2n) is 7.60. The largest absolute Gasteiger partial charge is 0.491 e. The van der Waals surface area contributed by atoms with Gasteiger partial charge in [-0.1, -0.05) is 6.07 Å². The van der Waals surface area contributed by atoms with Crippen LogP contribution >= 0.6 is 12.2 Å². The molecular formula is C24H17F4N3O3S. The summed E-state index contributed by atoms with van der Waals surface area (Å²) in [5.74, 6) is -9.84. The molecule has 1 heterocycles. The zero-order valence-corrected chi connectivity index (χ0v) is 19.4. The number of carbonyl (C=O) groups excluding carboxylic acids is 1. The summed E-state index contributed by atoms with van der Waals surface area (Å²) in [6.45, 7) is 3.90. The maximum Gasteiger partial charge on any atom is 0.263 e. The number of thiocarbonyl (C=S) groups is 1. The number of aromatic nitrogens is 1. The molecule has 0 saturated heterocycles. The van der Waals surface area contributed by atoms with Crippen LogP contribution in [0.4, 0.5) is 23.2 Å². The Labute approximate surface area is 201 Å². The molecule has 0 atom stereocenters. The molecule has 0 fully saturated rings. The lowest BCUT2D eigenvalue weighted by Crippen LogP contribution is -2.35. The standard InChI is InChI=1S/C24H17F4N3O3S/c1-10-8-11(2)20-14(9-10)30-23(34-20)12-4-6-13(7-5-12)29-24(35)31-22(32)15-16(25)18(27)21(33-3)19(28)17(15)26/h4-9H,1-3H3,(H2,29,31,32,35). The number of aryl methyl sites for hydroxylation is 2. The van der Waals surface area contributed by atoms with Crippen LogP contribution in [0.1, 0.15) is 21.5 Å². The zero-order valence-electron chi connectivity index (χ0n) is 18.6. The Bertz CT molecular complexity index is 1460. The fourth-order valence-electron chi connectivity index (χ4n) is 3.51. The van der Waals surface area contributed by atoms with Gasteiger partial charge in [0.05, 0.1) is 7.11 Å². The summed E-state index contributed by atoms with van der Waals surface area (Å²) in [4.78, 5) is 16.8. The van der Waals surface area contributed by atoms with Crippen molar-refractivity contribution in [2.75, 3.05) is 12.4 Å². The van der Waals surface area contributed by atoms with E-state index in [0.717, 1.165) is 23.8 Å². The van der Waals surface area contributed by atoms with Crippen LogP contribution in [-0.2, 0) is 0 Å². The molecule has 4 rings (SSSR count). The number of halogens is 4. The van der Waals surface area contributed by atoms with E-state index in [0.29, 0.717) is 22.7 Å². The highest BCUT2D eigenvalue weighted by atomic mass is 32.1. The molecule has 0 saturated carbocycles. The fourth-order valence-corrected chi connectivity index (χ4v) is 3.72. The summed E-state index contributed by atoms with van der Waals surface area (Å²) in [6.07, 6.45) is 0. The molecule has 11 heteroatoms. The van der Waals surface area contributed by atoms with Crippen LogP contribution in [0, 0.1) is 37.1 Å². The van der Waals surface area contributed by atoms with Gasteiger partial charge in [-0.15, -0.1) is 0 Å². The Kier molecular flexibility index (Phi) is 6.44. The van der Waals surface area contributed by atoms with E-state index in [9.17, 15) is 22.4 Å². The number of rotatable bonds is 4. The van der Waals surface area contributed by atoms with Gasteiger partial charge in [0.25, 0.3) is 5.91 Å². The average Bonchev–Trinajstić information content (AvgIpc) is 3.23. The van der Waals surface area contributed by atoms with Crippen molar-refractivity contribution in [3.8, 4) is 17.2 Å². The minimum absolute atomic E-state index is 0.355. The third-order valence-electron chi connectivity index (χ3n) is 5.09. The van der Waals surface area contributed by atoms with Crippen molar-refractivity contribution in [3.63, 3.8) is 0 Å². The highest BCUT2D eigenvalue weighted by Crippen LogP contribution is 2.30. The Hall–Kier alpha value is -3.99. The van der Waals surface area contributed by atoms with Crippen LogP contribution in [0.5, 0.6) is 5.75 Å². The number of hydrogen-bond acceptors (Lipinski definition) is 5. The van der Waals surface area contributed by atoms with Gasteiger partial charge < -0.3 is 14.5 Å². The van der Waals surface area contributed by atoms with Gasteiger partial charge in [-0.05, 0) is 67.5 Å². The maximum absolute atomic E-state index is 14.1. The summed E-state index contributed by atoms with van der Waals surface area (Å²) in [5.41, 5.74) is 3.05. The van der Waals surface area contributed by atoms with Crippen molar-refractivity contribution in [3.05, 3.63) is 76.4 Å². The minimum Gasteiger partial charge on any atom is -0.491 e.